The van der Waals surface area contributed by atoms with Crippen LogP contribution in [0, 0.1) is 0 Å². The van der Waals surface area contributed by atoms with Crippen LogP contribution in [0.5, 0.6) is 0 Å². The Morgan fingerprint density at radius 1 is 0.923 bits per heavy atom. The lowest BCUT2D eigenvalue weighted by Crippen LogP contribution is -2.42. The molecule has 0 unspecified atom stereocenters. The maximum atomic E-state index is 12.7. The monoisotopic (exact) mass is 387 g/mol. The van der Waals surface area contributed by atoms with E-state index in [2.05, 4.69) is 5.32 Å². The maximum Gasteiger partial charge on any atom is 0.326 e. The van der Waals surface area contributed by atoms with Gasteiger partial charge in [0.25, 0.3) is 5.91 Å². The van der Waals surface area contributed by atoms with Crippen molar-refractivity contribution >= 4 is 45.9 Å². The molecule has 0 radical (unpaired) electrons. The first-order chi connectivity index (χ1) is 12.5. The smallest absolute Gasteiger partial charge is 0.326 e. The molecule has 3 rings (SSSR count). The highest BCUT2D eigenvalue weighted by atomic mass is 35.5. The minimum absolute atomic E-state index is 0.00958. The molecule has 6 heteroatoms. The summed E-state index contributed by atoms with van der Waals surface area (Å²) >= 11 is 12.2. The molecule has 0 aliphatic rings. The van der Waals surface area contributed by atoms with Crippen LogP contribution in [-0.4, -0.2) is 23.0 Å². The molecule has 3 aromatic carbocycles. The molecule has 0 saturated carbocycles. The van der Waals surface area contributed by atoms with Gasteiger partial charge < -0.3 is 10.4 Å². The van der Waals surface area contributed by atoms with Gasteiger partial charge in [-0.3, -0.25) is 4.79 Å². The maximum absolute atomic E-state index is 12.7. The summed E-state index contributed by atoms with van der Waals surface area (Å²) in [4.78, 5) is 24.3. The molecule has 0 saturated heterocycles. The highest BCUT2D eigenvalue weighted by Crippen LogP contribution is 2.26. The summed E-state index contributed by atoms with van der Waals surface area (Å²) in [6, 6.07) is 16.5. The molecule has 0 aliphatic carbocycles. The minimum Gasteiger partial charge on any atom is -0.480 e. The van der Waals surface area contributed by atoms with Crippen LogP contribution < -0.4 is 5.32 Å². The lowest BCUT2D eigenvalue weighted by Gasteiger charge is -2.17. The number of amides is 1. The van der Waals surface area contributed by atoms with Crippen LogP contribution in [0.15, 0.2) is 60.7 Å². The number of carbonyl (C=O) groups is 2. The molecule has 0 bridgehead atoms. The van der Waals surface area contributed by atoms with Gasteiger partial charge in [-0.1, -0.05) is 65.7 Å². The van der Waals surface area contributed by atoms with Crippen molar-refractivity contribution in [1.29, 1.82) is 0 Å². The third kappa shape index (κ3) is 3.82. The predicted molar refractivity (Wildman–Crippen MR) is 103 cm³/mol. The largest absolute Gasteiger partial charge is 0.480 e. The summed E-state index contributed by atoms with van der Waals surface area (Å²) in [5.41, 5.74) is 0.904. The molecule has 4 nitrogen and oxygen atoms in total. The molecule has 2 N–H and O–H groups in total. The molecule has 0 aliphatic heterocycles. The average molecular weight is 388 g/mol. The molecule has 0 spiro atoms. The first-order valence-corrected chi connectivity index (χ1v) is 8.67. The summed E-state index contributed by atoms with van der Waals surface area (Å²) in [5.74, 6) is -1.62. The van der Waals surface area contributed by atoms with Crippen molar-refractivity contribution in [3.05, 3.63) is 81.8 Å². The van der Waals surface area contributed by atoms with Gasteiger partial charge in [0, 0.05) is 22.0 Å². The predicted octanol–water partition coefficient (Wildman–Crippen LogP) is 4.57. The van der Waals surface area contributed by atoms with Gasteiger partial charge in [0.15, 0.2) is 0 Å². The lowest BCUT2D eigenvalue weighted by molar-refractivity contribution is -0.139. The van der Waals surface area contributed by atoms with E-state index in [1.165, 1.54) is 0 Å². The summed E-state index contributed by atoms with van der Waals surface area (Å²) in [5, 5.41) is 14.5. The Morgan fingerprint density at radius 3 is 2.23 bits per heavy atom. The van der Waals surface area contributed by atoms with E-state index in [0.29, 0.717) is 21.2 Å². The summed E-state index contributed by atoms with van der Waals surface area (Å²) in [7, 11) is 0. The van der Waals surface area contributed by atoms with Crippen molar-refractivity contribution in [1.82, 2.24) is 5.32 Å². The molecule has 0 aromatic heterocycles. The van der Waals surface area contributed by atoms with Crippen LogP contribution in [0.2, 0.25) is 10.0 Å². The Morgan fingerprint density at radius 2 is 1.54 bits per heavy atom. The fourth-order valence-corrected chi connectivity index (χ4v) is 3.34. The number of carboxylic acids is 1. The van der Waals surface area contributed by atoms with Crippen LogP contribution >= 0.6 is 23.2 Å². The van der Waals surface area contributed by atoms with Gasteiger partial charge in [0.05, 0.1) is 0 Å². The average Bonchev–Trinajstić information content (AvgIpc) is 2.63. The lowest BCUT2D eigenvalue weighted by atomic mass is 10.0. The van der Waals surface area contributed by atoms with Crippen LogP contribution in [-0.2, 0) is 11.2 Å². The van der Waals surface area contributed by atoms with Crippen LogP contribution in [0.1, 0.15) is 15.9 Å². The van der Waals surface area contributed by atoms with Crippen LogP contribution in [0.3, 0.4) is 0 Å². The number of halogens is 2. The number of benzene rings is 3. The zero-order valence-corrected chi connectivity index (χ0v) is 15.1. The Labute approximate surface area is 160 Å². The molecule has 1 amide bonds. The van der Waals surface area contributed by atoms with E-state index in [9.17, 15) is 14.7 Å². The molecule has 0 heterocycles. The van der Waals surface area contributed by atoms with Crippen molar-refractivity contribution in [2.24, 2.45) is 0 Å². The van der Waals surface area contributed by atoms with E-state index in [1.807, 2.05) is 30.3 Å². The van der Waals surface area contributed by atoms with Crippen LogP contribution in [0.25, 0.3) is 10.8 Å². The zero-order valence-electron chi connectivity index (χ0n) is 13.6. The highest BCUT2D eigenvalue weighted by molar-refractivity contribution is 6.36. The standard InChI is InChI=1S/C20H15Cl2NO3/c21-16-9-4-10-17(22)15(16)11-18(20(25)26)23-19(24)14-8-3-6-12-5-1-2-7-13(12)14/h1-10,18H,11H2,(H,23,24)(H,25,26)/t18-/m0/s1. The van der Waals surface area contributed by atoms with E-state index < -0.39 is 17.9 Å². The van der Waals surface area contributed by atoms with Gasteiger partial charge in [-0.05, 0) is 34.5 Å². The Balaban J connectivity index is 1.88. The highest BCUT2D eigenvalue weighted by Gasteiger charge is 2.24. The van der Waals surface area contributed by atoms with E-state index in [0.717, 1.165) is 10.8 Å². The van der Waals surface area contributed by atoms with Gasteiger partial charge >= 0.3 is 5.97 Å². The van der Waals surface area contributed by atoms with E-state index in [1.54, 1.807) is 30.3 Å². The van der Waals surface area contributed by atoms with Crippen LogP contribution in [0.4, 0.5) is 0 Å². The summed E-state index contributed by atoms with van der Waals surface area (Å²) in [6.07, 6.45) is -0.00958. The van der Waals surface area contributed by atoms with Crippen molar-refractivity contribution in [3.63, 3.8) is 0 Å². The third-order valence-electron chi connectivity index (χ3n) is 4.11. The second-order valence-electron chi connectivity index (χ2n) is 5.80. The molecule has 3 aromatic rings. The Kier molecular flexibility index (Phi) is 5.45. The number of carbonyl (C=O) groups excluding carboxylic acids is 1. The summed E-state index contributed by atoms with van der Waals surface area (Å²) < 4.78 is 0. The second kappa shape index (κ2) is 7.77. The Bertz CT molecular complexity index is 962. The minimum atomic E-state index is -1.16. The number of carboxylic acid groups (broad SMARTS) is 1. The molecule has 0 fully saturated rings. The molecule has 1 atom stereocenters. The quantitative estimate of drug-likeness (QED) is 0.673. The number of fused-ring (bicyclic) bond motifs is 1. The topological polar surface area (TPSA) is 66.4 Å². The first-order valence-electron chi connectivity index (χ1n) is 7.91. The number of hydrogen-bond acceptors (Lipinski definition) is 2. The number of rotatable bonds is 5. The SMILES string of the molecule is O=C(N[C@@H](Cc1c(Cl)cccc1Cl)C(=O)O)c1cccc2ccccc12. The second-order valence-corrected chi connectivity index (χ2v) is 6.61. The Hall–Kier alpha value is -2.56. The van der Waals surface area contributed by atoms with Gasteiger partial charge in [-0.2, -0.15) is 0 Å². The normalized spacial score (nSPS) is 11.9. The van der Waals surface area contributed by atoms with Crippen molar-refractivity contribution in [3.8, 4) is 0 Å². The van der Waals surface area contributed by atoms with Gasteiger partial charge in [-0.25, -0.2) is 4.79 Å². The van der Waals surface area contributed by atoms with Gasteiger partial charge in [-0.15, -0.1) is 0 Å². The van der Waals surface area contributed by atoms with Crippen molar-refractivity contribution < 1.29 is 14.7 Å². The van der Waals surface area contributed by atoms with Gasteiger partial charge in [0.2, 0.25) is 0 Å². The zero-order chi connectivity index (χ0) is 18.7. The number of nitrogens with one attached hydrogen (secondary N) is 1. The molecular weight excluding hydrogens is 373 g/mol. The first kappa shape index (κ1) is 18.2. The van der Waals surface area contributed by atoms with E-state index in [4.69, 9.17) is 23.2 Å². The van der Waals surface area contributed by atoms with E-state index in [-0.39, 0.29) is 6.42 Å². The number of aliphatic carboxylic acids is 1. The van der Waals surface area contributed by atoms with Crippen molar-refractivity contribution in [2.45, 2.75) is 12.5 Å². The summed E-state index contributed by atoms with van der Waals surface area (Å²) in [6.45, 7) is 0. The van der Waals surface area contributed by atoms with Gasteiger partial charge in [0.1, 0.15) is 6.04 Å². The van der Waals surface area contributed by atoms with Crippen molar-refractivity contribution in [2.75, 3.05) is 0 Å². The van der Waals surface area contributed by atoms with E-state index >= 15 is 0 Å². The molecule has 132 valence electrons. The fraction of sp³-hybridized carbons (Fsp3) is 0.100. The number of hydrogen-bond donors (Lipinski definition) is 2. The fourth-order valence-electron chi connectivity index (χ4n) is 2.79. The molecular formula is C20H15Cl2NO3. The molecule has 26 heavy (non-hydrogen) atoms. The third-order valence-corrected chi connectivity index (χ3v) is 4.82.